The van der Waals surface area contributed by atoms with Gasteiger partial charge in [-0.3, -0.25) is 9.59 Å². The minimum Gasteiger partial charge on any atom is -0.394 e. The Morgan fingerprint density at radius 2 is 1.10 bits per heavy atom. The van der Waals surface area contributed by atoms with Gasteiger partial charge in [0.15, 0.2) is 12.6 Å². The molecule has 0 saturated carbocycles. The van der Waals surface area contributed by atoms with Gasteiger partial charge in [-0.1, -0.05) is 0 Å². The van der Waals surface area contributed by atoms with Crippen LogP contribution in [0.1, 0.15) is 20.3 Å². The summed E-state index contributed by atoms with van der Waals surface area (Å²) in [4.78, 5) is 25.1. The number of aliphatic hydroxyl groups is 6. The number of nitrogens with one attached hydrogen (secondary N) is 2. The van der Waals surface area contributed by atoms with E-state index in [4.69, 9.17) is 37.9 Å². The number of amides is 2. The minimum absolute atomic E-state index is 0.00197. The van der Waals surface area contributed by atoms with Crippen LogP contribution in [0.3, 0.4) is 0 Å². The zero-order chi connectivity index (χ0) is 36.2. The van der Waals surface area contributed by atoms with Gasteiger partial charge < -0.3 is 84.1 Å². The van der Waals surface area contributed by atoms with E-state index < -0.39 is 80.4 Å². The van der Waals surface area contributed by atoms with Gasteiger partial charge in [0.25, 0.3) is 0 Å². The van der Waals surface area contributed by atoms with Gasteiger partial charge in [-0.05, 0) is 7.05 Å². The summed E-state index contributed by atoms with van der Waals surface area (Å²) in [5.41, 5.74) is 0. The Balaban J connectivity index is 1.46. The number of carbonyl (C=O) groups is 2. The lowest BCUT2D eigenvalue weighted by Gasteiger charge is -2.42. The number of hydrogen-bond donors (Lipinski definition) is 8. The molecule has 0 aromatic rings. The first kappa shape index (κ1) is 43.5. The number of likely N-dealkylation sites (N-methyl/N-ethyl adjacent to an activating group) is 1. The molecule has 288 valence electrons. The second kappa shape index (κ2) is 24.5. The average Bonchev–Trinajstić information content (AvgIpc) is 3.16. The van der Waals surface area contributed by atoms with Gasteiger partial charge in [-0.15, -0.1) is 0 Å². The molecule has 0 aromatic carbocycles. The van der Waals surface area contributed by atoms with Crippen LogP contribution in [-0.2, 0) is 47.5 Å². The van der Waals surface area contributed by atoms with Crippen LogP contribution in [0.15, 0.2) is 0 Å². The predicted octanol–water partition coefficient (Wildman–Crippen LogP) is -4.70. The Labute approximate surface area is 286 Å². The van der Waals surface area contributed by atoms with Crippen LogP contribution in [0.2, 0.25) is 0 Å². The lowest BCUT2D eigenvalue weighted by molar-refractivity contribution is -0.272. The van der Waals surface area contributed by atoms with E-state index in [1.54, 1.807) is 0 Å². The normalized spacial score (nSPS) is 30.7. The molecule has 19 nitrogen and oxygen atoms in total. The van der Waals surface area contributed by atoms with E-state index in [9.17, 15) is 40.2 Å². The molecule has 2 saturated heterocycles. The molecule has 5 unspecified atom stereocenters. The molecular weight excluding hydrogens is 658 g/mol. The summed E-state index contributed by atoms with van der Waals surface area (Å²) in [6, 6.07) is -1.72. The van der Waals surface area contributed by atoms with Crippen LogP contribution in [-0.4, -0.2) is 208 Å². The Bertz CT molecular complexity index is 909. The number of aliphatic hydroxyl groups excluding tert-OH is 6. The van der Waals surface area contributed by atoms with E-state index in [1.165, 1.54) is 13.8 Å². The van der Waals surface area contributed by atoms with Gasteiger partial charge in [0.1, 0.15) is 36.6 Å². The third-order valence-corrected chi connectivity index (χ3v) is 7.73. The Morgan fingerprint density at radius 1 is 0.653 bits per heavy atom. The number of hydrogen-bond acceptors (Lipinski definition) is 17. The van der Waals surface area contributed by atoms with Crippen molar-refractivity contribution in [3.05, 3.63) is 0 Å². The van der Waals surface area contributed by atoms with Crippen molar-refractivity contribution >= 4 is 11.8 Å². The first-order valence-electron chi connectivity index (χ1n) is 16.5. The second-order valence-corrected chi connectivity index (χ2v) is 11.8. The van der Waals surface area contributed by atoms with Crippen LogP contribution in [0, 0.1) is 0 Å². The quantitative estimate of drug-likeness (QED) is 0.0437. The monoisotopic (exact) mass is 715 g/mol. The minimum atomic E-state index is -1.38. The van der Waals surface area contributed by atoms with Crippen molar-refractivity contribution in [2.75, 3.05) is 99.4 Å². The average molecular weight is 716 g/mol. The summed E-state index contributed by atoms with van der Waals surface area (Å²) < 4.78 is 44.6. The molecule has 8 N–H and O–H groups in total. The van der Waals surface area contributed by atoms with E-state index >= 15 is 0 Å². The molecule has 49 heavy (non-hydrogen) atoms. The largest absolute Gasteiger partial charge is 0.394 e. The number of ether oxygens (including phenoxy) is 8. The number of rotatable bonds is 24. The maximum atomic E-state index is 11.6. The zero-order valence-electron chi connectivity index (χ0n) is 28.6. The van der Waals surface area contributed by atoms with Crippen molar-refractivity contribution in [2.24, 2.45) is 0 Å². The van der Waals surface area contributed by atoms with Gasteiger partial charge in [0.2, 0.25) is 11.8 Å². The molecular formula is C30H57N3O16. The zero-order valence-corrected chi connectivity index (χ0v) is 28.6. The first-order chi connectivity index (χ1) is 23.5. The van der Waals surface area contributed by atoms with Gasteiger partial charge in [0.05, 0.1) is 91.4 Å². The maximum absolute atomic E-state index is 11.6. The highest BCUT2D eigenvalue weighted by molar-refractivity contribution is 5.73. The van der Waals surface area contributed by atoms with Gasteiger partial charge >= 0.3 is 0 Å². The van der Waals surface area contributed by atoms with E-state index in [-0.39, 0.29) is 38.8 Å². The fourth-order valence-corrected chi connectivity index (χ4v) is 5.06. The number of carbonyl (C=O) groups excluding carboxylic acids is 2. The molecule has 0 aliphatic carbocycles. The van der Waals surface area contributed by atoms with Crippen molar-refractivity contribution < 1.29 is 78.1 Å². The summed E-state index contributed by atoms with van der Waals surface area (Å²) in [6.45, 7) is 5.88. The van der Waals surface area contributed by atoms with Crippen molar-refractivity contribution in [3.63, 3.8) is 0 Å². The molecule has 2 aliphatic rings. The first-order valence-corrected chi connectivity index (χ1v) is 16.5. The van der Waals surface area contributed by atoms with Gasteiger partial charge in [-0.25, -0.2) is 0 Å². The smallest absolute Gasteiger partial charge is 0.217 e. The van der Waals surface area contributed by atoms with Crippen molar-refractivity contribution in [1.29, 1.82) is 0 Å². The maximum Gasteiger partial charge on any atom is 0.217 e. The predicted molar refractivity (Wildman–Crippen MR) is 168 cm³/mol. The molecule has 2 fully saturated rings. The van der Waals surface area contributed by atoms with Crippen molar-refractivity contribution in [2.45, 2.75) is 81.6 Å². The Morgan fingerprint density at radius 3 is 1.61 bits per heavy atom. The van der Waals surface area contributed by atoms with E-state index in [2.05, 4.69) is 15.5 Å². The molecule has 0 aromatic heterocycles. The Kier molecular flexibility index (Phi) is 21.8. The topological polar surface area (TPSA) is 257 Å². The summed E-state index contributed by atoms with van der Waals surface area (Å²) in [5, 5.41) is 64.6. The van der Waals surface area contributed by atoms with Gasteiger partial charge in [0, 0.05) is 33.4 Å². The van der Waals surface area contributed by atoms with E-state index in [0.717, 1.165) is 0 Å². The van der Waals surface area contributed by atoms with E-state index in [1.807, 2.05) is 7.05 Å². The third kappa shape index (κ3) is 16.5. The highest BCUT2D eigenvalue weighted by Crippen LogP contribution is 2.23. The lowest BCUT2D eigenvalue weighted by Crippen LogP contribution is -2.64. The number of nitrogens with zero attached hydrogens (tertiary/aromatic N) is 1. The lowest BCUT2D eigenvalue weighted by atomic mass is 9.97. The molecule has 2 rings (SSSR count). The molecule has 0 bridgehead atoms. The Hall–Kier alpha value is -1.66. The van der Waals surface area contributed by atoms with Crippen molar-refractivity contribution in [3.8, 4) is 0 Å². The molecule has 2 aliphatic heterocycles. The molecule has 2 amide bonds. The van der Waals surface area contributed by atoms with E-state index in [0.29, 0.717) is 52.7 Å². The summed E-state index contributed by atoms with van der Waals surface area (Å²) >= 11 is 0. The highest BCUT2D eigenvalue weighted by Gasteiger charge is 2.45. The molecule has 19 heteroatoms. The SMILES string of the molecule is CC(=O)NC1CC(O)[C@@H](O)[C@@H](CO)O[C@H]1OCCOCCOCCN(C)CCOCCOCCO[C@@H]1OC(CO)[C@H](O)C(O)C1NC(C)=O. The summed E-state index contributed by atoms with van der Waals surface area (Å²) in [6.07, 6.45) is -9.43. The van der Waals surface area contributed by atoms with Crippen LogP contribution in [0.25, 0.3) is 0 Å². The van der Waals surface area contributed by atoms with Crippen LogP contribution in [0.5, 0.6) is 0 Å². The van der Waals surface area contributed by atoms with Crippen LogP contribution >= 0.6 is 0 Å². The fourth-order valence-electron chi connectivity index (χ4n) is 5.06. The fraction of sp³-hybridized carbons (Fsp3) is 0.933. The standard InChI is InChI=1S/C30H57N3O16/c1-19(36)31-21-16-22(38)26(39)23(17-34)48-29(21)46-14-12-44-10-8-42-6-4-33(3)5-7-43-9-11-45-13-15-47-30-25(32-20(2)37)28(41)27(40)24(18-35)49-30/h21-30,34-35,38-41H,4-18H2,1-3H3,(H,31,36)(H,32,37)/t21?,22?,23-,24?,25?,26-,27+,28?,29-,30-/m1/s1. The highest BCUT2D eigenvalue weighted by atomic mass is 16.7. The second-order valence-electron chi connectivity index (χ2n) is 11.8. The third-order valence-electron chi connectivity index (χ3n) is 7.73. The molecule has 10 atom stereocenters. The van der Waals surface area contributed by atoms with Gasteiger partial charge in [-0.2, -0.15) is 0 Å². The molecule has 2 heterocycles. The van der Waals surface area contributed by atoms with Crippen LogP contribution in [0.4, 0.5) is 0 Å². The molecule has 0 radical (unpaired) electrons. The van der Waals surface area contributed by atoms with Crippen LogP contribution < -0.4 is 10.6 Å². The summed E-state index contributed by atoms with van der Waals surface area (Å²) in [5.74, 6) is -0.779. The van der Waals surface area contributed by atoms with Crippen molar-refractivity contribution in [1.82, 2.24) is 15.5 Å². The molecule has 0 spiro atoms. The summed E-state index contributed by atoms with van der Waals surface area (Å²) in [7, 11) is 1.94.